The third-order valence-electron chi connectivity index (χ3n) is 1.53. The van der Waals surface area contributed by atoms with Crippen LogP contribution in [0.4, 0.5) is 8.78 Å². The van der Waals surface area contributed by atoms with Crippen molar-refractivity contribution in [2.45, 2.75) is 20.0 Å². The van der Waals surface area contributed by atoms with E-state index in [4.69, 9.17) is 10.00 Å². The van der Waals surface area contributed by atoms with E-state index in [2.05, 4.69) is 0 Å². The van der Waals surface area contributed by atoms with Gasteiger partial charge in [0.1, 0.15) is 6.07 Å². The SMILES string of the molecule is CC(C)Oc1ccc(C#N)c(F)c1F. The summed E-state index contributed by atoms with van der Waals surface area (Å²) in [5, 5.41) is 8.42. The molecule has 0 aromatic heterocycles. The molecule has 2 nitrogen and oxygen atoms in total. The molecule has 0 bridgehead atoms. The Balaban J connectivity index is 3.12. The third kappa shape index (κ3) is 1.99. The zero-order valence-corrected chi connectivity index (χ0v) is 7.84. The van der Waals surface area contributed by atoms with Crippen LogP contribution in [0.5, 0.6) is 5.75 Å². The van der Waals surface area contributed by atoms with Gasteiger partial charge in [-0.1, -0.05) is 0 Å². The molecule has 0 radical (unpaired) electrons. The normalized spacial score (nSPS) is 10.0. The molecule has 1 aromatic rings. The zero-order chi connectivity index (χ0) is 10.7. The van der Waals surface area contributed by atoms with Crippen molar-refractivity contribution in [1.82, 2.24) is 0 Å². The molecular formula is C10H9F2NO. The number of nitriles is 1. The minimum absolute atomic E-state index is 0.170. The van der Waals surface area contributed by atoms with Crippen LogP contribution in [0.2, 0.25) is 0 Å². The Labute approximate surface area is 80.7 Å². The molecule has 0 aliphatic rings. The van der Waals surface area contributed by atoms with E-state index in [1.165, 1.54) is 12.1 Å². The third-order valence-corrected chi connectivity index (χ3v) is 1.53. The minimum atomic E-state index is -1.16. The molecule has 0 aliphatic carbocycles. The van der Waals surface area contributed by atoms with Crippen molar-refractivity contribution in [1.29, 1.82) is 5.26 Å². The Morgan fingerprint density at radius 3 is 2.43 bits per heavy atom. The van der Waals surface area contributed by atoms with Crippen molar-refractivity contribution < 1.29 is 13.5 Å². The number of halogens is 2. The first-order valence-corrected chi connectivity index (χ1v) is 4.11. The Morgan fingerprint density at radius 2 is 1.93 bits per heavy atom. The zero-order valence-electron chi connectivity index (χ0n) is 7.84. The van der Waals surface area contributed by atoms with Gasteiger partial charge in [-0.3, -0.25) is 0 Å². The van der Waals surface area contributed by atoms with Crippen molar-refractivity contribution in [3.05, 3.63) is 29.3 Å². The molecule has 0 unspecified atom stereocenters. The highest BCUT2D eigenvalue weighted by Crippen LogP contribution is 2.23. The predicted molar refractivity (Wildman–Crippen MR) is 46.8 cm³/mol. The Hall–Kier alpha value is -1.63. The van der Waals surface area contributed by atoms with Crippen LogP contribution < -0.4 is 4.74 Å². The number of hydrogen-bond acceptors (Lipinski definition) is 2. The molecule has 0 fully saturated rings. The standard InChI is InChI=1S/C10H9F2NO/c1-6(2)14-8-4-3-7(5-13)9(11)10(8)12/h3-4,6H,1-2H3. The molecule has 0 aliphatic heterocycles. The molecule has 0 heterocycles. The maximum atomic E-state index is 13.2. The van der Waals surface area contributed by atoms with Gasteiger partial charge in [-0.25, -0.2) is 4.39 Å². The molecule has 0 amide bonds. The highest BCUT2D eigenvalue weighted by Gasteiger charge is 2.14. The lowest BCUT2D eigenvalue weighted by Gasteiger charge is -2.10. The molecular weight excluding hydrogens is 188 g/mol. The van der Waals surface area contributed by atoms with Crippen molar-refractivity contribution >= 4 is 0 Å². The van der Waals surface area contributed by atoms with Gasteiger partial charge in [0.2, 0.25) is 5.82 Å². The van der Waals surface area contributed by atoms with Gasteiger partial charge < -0.3 is 4.74 Å². The summed E-state index contributed by atoms with van der Waals surface area (Å²) in [5.41, 5.74) is -0.321. The summed E-state index contributed by atoms with van der Waals surface area (Å²) in [6.07, 6.45) is -0.239. The van der Waals surface area contributed by atoms with Gasteiger partial charge in [0.25, 0.3) is 0 Å². The quantitative estimate of drug-likeness (QED) is 0.730. The van der Waals surface area contributed by atoms with E-state index >= 15 is 0 Å². The topological polar surface area (TPSA) is 33.0 Å². The monoisotopic (exact) mass is 197 g/mol. The van der Waals surface area contributed by atoms with Gasteiger partial charge in [-0.2, -0.15) is 9.65 Å². The number of benzene rings is 1. The first kappa shape index (κ1) is 10.5. The van der Waals surface area contributed by atoms with E-state index in [-0.39, 0.29) is 17.4 Å². The van der Waals surface area contributed by atoms with Crippen molar-refractivity contribution in [2.75, 3.05) is 0 Å². The predicted octanol–water partition coefficient (Wildman–Crippen LogP) is 2.62. The lowest BCUT2D eigenvalue weighted by Crippen LogP contribution is -2.08. The first-order chi connectivity index (χ1) is 6.56. The molecule has 1 aromatic carbocycles. The van der Waals surface area contributed by atoms with Gasteiger partial charge in [0.15, 0.2) is 11.6 Å². The maximum Gasteiger partial charge on any atom is 0.202 e. The molecule has 4 heteroatoms. The van der Waals surface area contributed by atoms with Crippen molar-refractivity contribution in [2.24, 2.45) is 0 Å². The summed E-state index contributed by atoms with van der Waals surface area (Å²) in [6, 6.07) is 3.98. The highest BCUT2D eigenvalue weighted by atomic mass is 19.2. The second-order valence-electron chi connectivity index (χ2n) is 3.02. The van der Waals surface area contributed by atoms with Crippen molar-refractivity contribution in [3.63, 3.8) is 0 Å². The molecule has 14 heavy (non-hydrogen) atoms. The van der Waals surface area contributed by atoms with E-state index in [9.17, 15) is 8.78 Å². The Morgan fingerprint density at radius 1 is 1.29 bits per heavy atom. The smallest absolute Gasteiger partial charge is 0.202 e. The van der Waals surface area contributed by atoms with E-state index < -0.39 is 11.6 Å². The summed E-state index contributed by atoms with van der Waals surface area (Å²) in [6.45, 7) is 3.41. The molecule has 0 saturated carbocycles. The van der Waals surface area contributed by atoms with Crippen molar-refractivity contribution in [3.8, 4) is 11.8 Å². The number of nitrogens with zero attached hydrogens (tertiary/aromatic N) is 1. The van der Waals surface area contributed by atoms with Crippen LogP contribution in [0, 0.1) is 23.0 Å². The molecule has 0 atom stereocenters. The van der Waals surface area contributed by atoms with Crippen LogP contribution in [0.1, 0.15) is 19.4 Å². The van der Waals surface area contributed by atoms with E-state index in [1.807, 2.05) is 0 Å². The molecule has 1 rings (SSSR count). The highest BCUT2D eigenvalue weighted by molar-refractivity contribution is 5.37. The Kier molecular flexibility index (Phi) is 3.03. The summed E-state index contributed by atoms with van der Waals surface area (Å²) in [5.74, 6) is -2.44. The lowest BCUT2D eigenvalue weighted by atomic mass is 10.2. The van der Waals surface area contributed by atoms with Crippen LogP contribution in [0.25, 0.3) is 0 Å². The minimum Gasteiger partial charge on any atom is -0.488 e. The second-order valence-corrected chi connectivity index (χ2v) is 3.02. The first-order valence-electron chi connectivity index (χ1n) is 4.11. The lowest BCUT2D eigenvalue weighted by molar-refractivity contribution is 0.228. The summed E-state index contributed by atoms with van der Waals surface area (Å²) < 4.78 is 31.2. The van der Waals surface area contributed by atoms with E-state index in [0.717, 1.165) is 0 Å². The molecule has 74 valence electrons. The number of ether oxygens (including phenoxy) is 1. The number of hydrogen-bond donors (Lipinski definition) is 0. The fourth-order valence-corrected chi connectivity index (χ4v) is 0.963. The summed E-state index contributed by atoms with van der Waals surface area (Å²) >= 11 is 0. The van der Waals surface area contributed by atoms with E-state index in [1.54, 1.807) is 19.9 Å². The molecule has 0 N–H and O–H groups in total. The summed E-state index contributed by atoms with van der Waals surface area (Å²) in [7, 11) is 0. The average molecular weight is 197 g/mol. The largest absolute Gasteiger partial charge is 0.488 e. The van der Waals surface area contributed by atoms with Crippen LogP contribution in [-0.4, -0.2) is 6.10 Å². The van der Waals surface area contributed by atoms with Crippen LogP contribution in [0.3, 0.4) is 0 Å². The van der Waals surface area contributed by atoms with E-state index in [0.29, 0.717) is 0 Å². The second kappa shape index (κ2) is 4.05. The van der Waals surface area contributed by atoms with Crippen LogP contribution in [0.15, 0.2) is 12.1 Å². The fourth-order valence-electron chi connectivity index (χ4n) is 0.963. The van der Waals surface area contributed by atoms with Crippen LogP contribution in [-0.2, 0) is 0 Å². The number of rotatable bonds is 2. The average Bonchev–Trinajstić information content (AvgIpc) is 2.13. The fraction of sp³-hybridized carbons (Fsp3) is 0.300. The van der Waals surface area contributed by atoms with Gasteiger partial charge in [-0.15, -0.1) is 0 Å². The van der Waals surface area contributed by atoms with Gasteiger partial charge in [-0.05, 0) is 26.0 Å². The maximum absolute atomic E-state index is 13.2. The summed E-state index contributed by atoms with van der Waals surface area (Å²) in [4.78, 5) is 0. The molecule has 0 spiro atoms. The van der Waals surface area contributed by atoms with Gasteiger partial charge >= 0.3 is 0 Å². The Bertz CT molecular complexity index is 382. The van der Waals surface area contributed by atoms with Gasteiger partial charge in [0.05, 0.1) is 11.7 Å². The van der Waals surface area contributed by atoms with Gasteiger partial charge in [0, 0.05) is 0 Å². The van der Waals surface area contributed by atoms with Crippen LogP contribution >= 0.6 is 0 Å². The molecule has 0 saturated heterocycles.